The molecule has 2 saturated heterocycles. The highest BCUT2D eigenvalue weighted by Crippen LogP contribution is 2.23. The van der Waals surface area contributed by atoms with Gasteiger partial charge in [-0.2, -0.15) is 0 Å². The average Bonchev–Trinajstić information content (AvgIpc) is 2.79. The number of hydrogen-bond acceptors (Lipinski definition) is 4. The summed E-state index contributed by atoms with van der Waals surface area (Å²) in [5.74, 6) is 1.05. The van der Waals surface area contributed by atoms with Crippen molar-refractivity contribution in [1.29, 1.82) is 0 Å². The number of likely N-dealkylation sites (N-methyl/N-ethyl adjacent to an activating group) is 1. The van der Waals surface area contributed by atoms with Crippen LogP contribution in [0.15, 0.2) is 0 Å². The Hall–Kier alpha value is -0.620. The van der Waals surface area contributed by atoms with E-state index < -0.39 is 9.84 Å². The lowest BCUT2D eigenvalue weighted by atomic mass is 9.89. The van der Waals surface area contributed by atoms with Crippen LogP contribution in [0.25, 0.3) is 0 Å². The number of carbonyl (C=O) groups excluding carboxylic acids is 1. The fraction of sp³-hybridized carbons (Fsp3) is 0.929. The Labute approximate surface area is 122 Å². The molecule has 3 unspecified atom stereocenters. The summed E-state index contributed by atoms with van der Waals surface area (Å²) >= 11 is 0. The average molecular weight is 302 g/mol. The van der Waals surface area contributed by atoms with E-state index in [2.05, 4.69) is 12.2 Å². The van der Waals surface area contributed by atoms with Gasteiger partial charge in [0.1, 0.15) is 0 Å². The number of sulfone groups is 1. The standard InChI is InChI=1S/C14H26N2O3S/c1-3-11-5-7-15-13(9-11)14(17)16(4-2)12-6-8-20(18,19)10-12/h11-13,15H,3-10H2,1-2H3. The van der Waals surface area contributed by atoms with Gasteiger partial charge >= 0.3 is 0 Å². The van der Waals surface area contributed by atoms with E-state index in [1.165, 1.54) is 0 Å². The highest BCUT2D eigenvalue weighted by Gasteiger charge is 2.37. The van der Waals surface area contributed by atoms with Gasteiger partial charge in [0.2, 0.25) is 5.91 Å². The van der Waals surface area contributed by atoms with E-state index in [4.69, 9.17) is 0 Å². The molecule has 2 aliphatic heterocycles. The van der Waals surface area contributed by atoms with Crippen LogP contribution in [0.5, 0.6) is 0 Å². The van der Waals surface area contributed by atoms with Crippen molar-refractivity contribution in [2.45, 2.75) is 51.6 Å². The van der Waals surface area contributed by atoms with E-state index >= 15 is 0 Å². The summed E-state index contributed by atoms with van der Waals surface area (Å²) in [6.45, 7) is 5.57. The molecular weight excluding hydrogens is 276 g/mol. The summed E-state index contributed by atoms with van der Waals surface area (Å²) in [5, 5.41) is 3.30. The molecule has 6 heteroatoms. The Bertz CT molecular complexity index is 449. The molecule has 0 aliphatic carbocycles. The molecule has 1 N–H and O–H groups in total. The van der Waals surface area contributed by atoms with E-state index in [1.807, 2.05) is 6.92 Å². The monoisotopic (exact) mass is 302 g/mol. The van der Waals surface area contributed by atoms with E-state index in [0.717, 1.165) is 25.8 Å². The maximum absolute atomic E-state index is 12.7. The normalized spacial score (nSPS) is 33.0. The zero-order valence-electron chi connectivity index (χ0n) is 12.5. The van der Waals surface area contributed by atoms with Crippen molar-refractivity contribution < 1.29 is 13.2 Å². The number of piperidine rings is 1. The smallest absolute Gasteiger partial charge is 0.239 e. The minimum atomic E-state index is -2.94. The first-order valence-corrected chi connectivity index (χ1v) is 9.53. The summed E-state index contributed by atoms with van der Waals surface area (Å²) in [6, 6.07) is -0.252. The first-order valence-electron chi connectivity index (χ1n) is 7.71. The van der Waals surface area contributed by atoms with E-state index in [0.29, 0.717) is 18.9 Å². The van der Waals surface area contributed by atoms with Crippen molar-refractivity contribution in [2.75, 3.05) is 24.6 Å². The van der Waals surface area contributed by atoms with Crippen LogP contribution < -0.4 is 5.32 Å². The molecule has 0 aromatic heterocycles. The summed E-state index contributed by atoms with van der Waals surface area (Å²) in [7, 11) is -2.94. The Morgan fingerprint density at radius 3 is 2.60 bits per heavy atom. The van der Waals surface area contributed by atoms with Crippen LogP contribution in [0.4, 0.5) is 0 Å². The van der Waals surface area contributed by atoms with Crippen molar-refractivity contribution in [2.24, 2.45) is 5.92 Å². The number of nitrogens with zero attached hydrogens (tertiary/aromatic N) is 1. The van der Waals surface area contributed by atoms with Gasteiger partial charge in [-0.05, 0) is 38.6 Å². The van der Waals surface area contributed by atoms with Gasteiger partial charge in [-0.25, -0.2) is 8.42 Å². The minimum absolute atomic E-state index is 0.0905. The zero-order chi connectivity index (χ0) is 14.8. The Morgan fingerprint density at radius 1 is 1.30 bits per heavy atom. The van der Waals surface area contributed by atoms with E-state index in [-0.39, 0.29) is 29.5 Å². The lowest BCUT2D eigenvalue weighted by Gasteiger charge is -2.35. The van der Waals surface area contributed by atoms with Gasteiger partial charge in [0.05, 0.1) is 17.5 Å². The molecule has 0 saturated carbocycles. The number of nitrogens with one attached hydrogen (secondary N) is 1. The fourth-order valence-electron chi connectivity index (χ4n) is 3.37. The Morgan fingerprint density at radius 2 is 2.05 bits per heavy atom. The molecule has 0 spiro atoms. The van der Waals surface area contributed by atoms with Crippen molar-refractivity contribution in [3.8, 4) is 0 Å². The van der Waals surface area contributed by atoms with Gasteiger partial charge < -0.3 is 10.2 Å². The number of rotatable bonds is 4. The molecule has 0 aromatic rings. The molecule has 20 heavy (non-hydrogen) atoms. The Kier molecular flexibility index (Phi) is 5.07. The molecular formula is C14H26N2O3S. The molecule has 2 fully saturated rings. The van der Waals surface area contributed by atoms with Gasteiger partial charge in [-0.15, -0.1) is 0 Å². The molecule has 0 aromatic carbocycles. The fourth-order valence-corrected chi connectivity index (χ4v) is 5.10. The third kappa shape index (κ3) is 3.52. The second-order valence-corrected chi connectivity index (χ2v) is 8.22. The third-order valence-electron chi connectivity index (χ3n) is 4.66. The summed E-state index contributed by atoms with van der Waals surface area (Å²) in [4.78, 5) is 14.4. The summed E-state index contributed by atoms with van der Waals surface area (Å²) in [6.07, 6.45) is 3.71. The molecule has 0 bridgehead atoms. The minimum Gasteiger partial charge on any atom is -0.338 e. The van der Waals surface area contributed by atoms with Crippen LogP contribution in [-0.4, -0.2) is 55.9 Å². The molecule has 2 heterocycles. The molecule has 1 amide bonds. The number of carbonyl (C=O) groups is 1. The maximum atomic E-state index is 12.7. The quantitative estimate of drug-likeness (QED) is 0.834. The first kappa shape index (κ1) is 15.8. The van der Waals surface area contributed by atoms with E-state index in [9.17, 15) is 13.2 Å². The highest BCUT2D eigenvalue weighted by molar-refractivity contribution is 7.91. The van der Waals surface area contributed by atoms with Crippen molar-refractivity contribution in [1.82, 2.24) is 10.2 Å². The number of hydrogen-bond donors (Lipinski definition) is 1. The van der Waals surface area contributed by atoms with Crippen molar-refractivity contribution in [3.05, 3.63) is 0 Å². The van der Waals surface area contributed by atoms with E-state index in [1.54, 1.807) is 4.90 Å². The zero-order valence-corrected chi connectivity index (χ0v) is 13.3. The molecule has 2 aliphatic rings. The van der Waals surface area contributed by atoms with Crippen molar-refractivity contribution in [3.63, 3.8) is 0 Å². The lowest BCUT2D eigenvalue weighted by Crippen LogP contribution is -2.53. The predicted molar refractivity (Wildman–Crippen MR) is 79.3 cm³/mol. The molecule has 116 valence electrons. The second-order valence-electron chi connectivity index (χ2n) is 5.99. The third-order valence-corrected chi connectivity index (χ3v) is 6.41. The SMILES string of the molecule is CCC1CCNC(C(=O)N(CC)C2CCS(=O)(=O)C2)C1. The van der Waals surface area contributed by atoms with Gasteiger partial charge in [-0.1, -0.05) is 13.3 Å². The van der Waals surface area contributed by atoms with Crippen LogP contribution in [0.1, 0.15) is 39.5 Å². The summed E-state index contributed by atoms with van der Waals surface area (Å²) in [5.41, 5.74) is 0. The predicted octanol–water partition coefficient (Wildman–Crippen LogP) is 0.800. The largest absolute Gasteiger partial charge is 0.338 e. The Balaban J connectivity index is 2.02. The maximum Gasteiger partial charge on any atom is 0.239 e. The highest BCUT2D eigenvalue weighted by atomic mass is 32.2. The van der Waals surface area contributed by atoms with Crippen molar-refractivity contribution >= 4 is 15.7 Å². The molecule has 0 radical (unpaired) electrons. The first-order chi connectivity index (χ1) is 9.46. The van der Waals surface area contributed by atoms with Gasteiger partial charge in [0.25, 0.3) is 0 Å². The van der Waals surface area contributed by atoms with Crippen LogP contribution in [-0.2, 0) is 14.6 Å². The molecule has 2 rings (SSSR count). The van der Waals surface area contributed by atoms with Crippen LogP contribution in [0.2, 0.25) is 0 Å². The van der Waals surface area contributed by atoms with Gasteiger partial charge in [0, 0.05) is 12.6 Å². The lowest BCUT2D eigenvalue weighted by molar-refractivity contribution is -0.136. The van der Waals surface area contributed by atoms with Crippen LogP contribution >= 0.6 is 0 Å². The topological polar surface area (TPSA) is 66.5 Å². The molecule has 5 nitrogen and oxygen atoms in total. The van der Waals surface area contributed by atoms with Gasteiger partial charge in [0.15, 0.2) is 9.84 Å². The second kappa shape index (κ2) is 6.43. The van der Waals surface area contributed by atoms with Crippen LogP contribution in [0.3, 0.4) is 0 Å². The molecule has 3 atom stereocenters. The van der Waals surface area contributed by atoms with Gasteiger partial charge in [-0.3, -0.25) is 4.79 Å². The summed E-state index contributed by atoms with van der Waals surface area (Å²) < 4.78 is 23.2. The van der Waals surface area contributed by atoms with Crippen LogP contribution in [0, 0.1) is 5.92 Å². The number of amides is 1.